The third-order valence-electron chi connectivity index (χ3n) is 2.96. The van der Waals surface area contributed by atoms with Crippen molar-refractivity contribution >= 4 is 10.4 Å². The molecule has 0 fully saturated rings. The van der Waals surface area contributed by atoms with Crippen molar-refractivity contribution in [2.24, 2.45) is 0 Å². The first-order chi connectivity index (χ1) is 9.91. The molecule has 0 aliphatic rings. The van der Waals surface area contributed by atoms with Crippen molar-refractivity contribution in [1.29, 1.82) is 0 Å². The molecule has 132 valence electrons. The number of rotatable bonds is 11. The second-order valence-electron chi connectivity index (χ2n) is 4.94. The van der Waals surface area contributed by atoms with E-state index in [1.54, 1.807) is 0 Å². The molecular formula is C14H33NaO6S. The summed E-state index contributed by atoms with van der Waals surface area (Å²) in [5.74, 6) is 0. The van der Waals surface area contributed by atoms with Gasteiger partial charge in [-0.2, -0.15) is 0 Å². The minimum absolute atomic E-state index is 0. The number of unbranched alkanes of at least 4 members (excludes halogenated alkanes) is 11. The van der Waals surface area contributed by atoms with Gasteiger partial charge in [0.15, 0.2) is 0 Å². The van der Waals surface area contributed by atoms with Crippen LogP contribution in [0.25, 0.3) is 0 Å². The smallest absolute Gasteiger partial charge is 0.759 e. The van der Waals surface area contributed by atoms with Gasteiger partial charge in [0.05, 0.1) is 0 Å². The number of hydrogen-bond acceptors (Lipinski definition) is 6. The summed E-state index contributed by atoms with van der Waals surface area (Å²) in [4.78, 5) is 0. The van der Waals surface area contributed by atoms with Crippen LogP contribution in [0.5, 0.6) is 0 Å². The third kappa shape index (κ3) is 58.6. The zero-order valence-electron chi connectivity index (χ0n) is 15.4. The van der Waals surface area contributed by atoms with Crippen LogP contribution in [-0.4, -0.2) is 28.0 Å². The first-order valence-corrected chi connectivity index (χ1v) is 9.11. The molecule has 6 nitrogen and oxygen atoms in total. The van der Waals surface area contributed by atoms with Crippen LogP contribution in [0.2, 0.25) is 0 Å². The minimum atomic E-state index is -5.17. The summed E-state index contributed by atoms with van der Waals surface area (Å²) in [7, 11) is -5.17. The molecule has 0 amide bonds. The van der Waals surface area contributed by atoms with Gasteiger partial charge in [-0.1, -0.05) is 90.9 Å². The predicted molar refractivity (Wildman–Crippen MR) is 83.6 cm³/mol. The molecular weight excluding hydrogens is 319 g/mol. The summed E-state index contributed by atoms with van der Waals surface area (Å²) in [5, 5.41) is 12.0. The van der Waals surface area contributed by atoms with Gasteiger partial charge in [0.25, 0.3) is 0 Å². The Balaban J connectivity index is -0.000000103. The maximum absolute atomic E-state index is 8.52. The maximum Gasteiger partial charge on any atom is 1.00 e. The molecule has 0 aliphatic carbocycles. The molecule has 0 radical (unpaired) electrons. The molecule has 2 N–H and O–H groups in total. The van der Waals surface area contributed by atoms with Crippen LogP contribution < -0.4 is 29.6 Å². The third-order valence-corrected chi connectivity index (χ3v) is 2.96. The molecule has 0 atom stereocenters. The Morgan fingerprint density at radius 1 is 0.682 bits per heavy atom. The standard InChI is InChI=1S/C14H30.Na.H2O4S.H2O2/c1-3-5-7-9-11-13-14-12-10-8-6-4-2;;1-5(2,3)4;1-2/h3-14H2,1-2H3;;(H2,1,2,3,4);1-2H/q;+1;;/p-1. The molecule has 0 aromatic heterocycles. The molecule has 0 unspecified atom stereocenters. The zero-order valence-corrected chi connectivity index (χ0v) is 17.2. The van der Waals surface area contributed by atoms with Crippen LogP contribution in [-0.2, 0) is 10.4 Å². The monoisotopic (exact) mass is 352 g/mol. The summed E-state index contributed by atoms with van der Waals surface area (Å²) < 4.78 is 34.1. The van der Waals surface area contributed by atoms with Crippen molar-refractivity contribution in [3.63, 3.8) is 0 Å². The summed E-state index contributed by atoms with van der Waals surface area (Å²) in [6.07, 6.45) is 17.4. The van der Waals surface area contributed by atoms with Crippen LogP contribution in [0.1, 0.15) is 92.3 Å². The minimum Gasteiger partial charge on any atom is -0.759 e. The van der Waals surface area contributed by atoms with Gasteiger partial charge in [-0.15, -0.1) is 0 Å². The van der Waals surface area contributed by atoms with Gasteiger partial charge in [-0.3, -0.25) is 18.9 Å². The molecule has 0 rings (SSSR count). The topological polar surface area (TPSA) is 121 Å². The van der Waals surface area contributed by atoms with Crippen LogP contribution in [0, 0.1) is 0 Å². The maximum atomic E-state index is 8.52. The van der Waals surface area contributed by atoms with E-state index in [-0.39, 0.29) is 31.0 Å². The van der Waals surface area contributed by atoms with Gasteiger partial charge in [0.1, 0.15) is 0 Å². The van der Waals surface area contributed by atoms with Crippen molar-refractivity contribution < 1.29 is 59.0 Å². The Bertz CT molecular complexity index is 246. The van der Waals surface area contributed by atoms with E-state index < -0.39 is 10.4 Å². The fraction of sp³-hybridized carbons (Fsp3) is 1.00. The summed E-state index contributed by atoms with van der Waals surface area (Å²) in [5.41, 5.74) is 0. The van der Waals surface area contributed by atoms with Crippen LogP contribution in [0.3, 0.4) is 0 Å². The first-order valence-electron chi connectivity index (χ1n) is 7.78. The van der Waals surface area contributed by atoms with E-state index in [0.717, 1.165) is 0 Å². The molecule has 0 saturated heterocycles. The normalized spacial score (nSPS) is 9.73. The average molecular weight is 352 g/mol. The van der Waals surface area contributed by atoms with Crippen molar-refractivity contribution in [2.45, 2.75) is 90.9 Å². The fourth-order valence-electron chi connectivity index (χ4n) is 1.91. The fourth-order valence-corrected chi connectivity index (χ4v) is 1.91. The van der Waals surface area contributed by atoms with Crippen molar-refractivity contribution in [3.05, 3.63) is 0 Å². The second kappa shape index (κ2) is 26.7. The van der Waals surface area contributed by atoms with Gasteiger partial charge < -0.3 is 9.11 Å². The molecule has 0 saturated carbocycles. The molecule has 0 heterocycles. The molecule has 8 heteroatoms. The Morgan fingerprint density at radius 2 is 0.818 bits per heavy atom. The van der Waals surface area contributed by atoms with Gasteiger partial charge >= 0.3 is 31.0 Å². The SMILES string of the molecule is CCCCCCCCCCCCCC.O=S(=O)([O-])[O-].OO.[H+].[Na+]. The van der Waals surface area contributed by atoms with Crippen LogP contribution in [0.15, 0.2) is 0 Å². The van der Waals surface area contributed by atoms with Crippen LogP contribution in [0.4, 0.5) is 0 Å². The molecule has 0 aromatic carbocycles. The summed E-state index contributed by atoms with van der Waals surface area (Å²) >= 11 is 0. The van der Waals surface area contributed by atoms with E-state index in [9.17, 15) is 0 Å². The van der Waals surface area contributed by atoms with Crippen molar-refractivity contribution in [3.8, 4) is 0 Å². The number of hydrogen-bond donors (Lipinski definition) is 2. The van der Waals surface area contributed by atoms with Crippen molar-refractivity contribution in [1.82, 2.24) is 0 Å². The first kappa shape index (κ1) is 30.6. The van der Waals surface area contributed by atoms with Crippen LogP contribution >= 0.6 is 0 Å². The van der Waals surface area contributed by atoms with Gasteiger partial charge in [-0.05, 0) is 0 Å². The Labute approximate surface area is 160 Å². The van der Waals surface area contributed by atoms with Crippen molar-refractivity contribution in [2.75, 3.05) is 0 Å². The van der Waals surface area contributed by atoms with E-state index in [1.807, 2.05) is 0 Å². The molecule has 0 aromatic rings. The Kier molecular flexibility index (Phi) is 37.2. The molecule has 0 aliphatic heterocycles. The second-order valence-corrected chi connectivity index (χ2v) is 5.76. The molecule has 0 bridgehead atoms. The van der Waals surface area contributed by atoms with E-state index >= 15 is 0 Å². The average Bonchev–Trinajstić information content (AvgIpc) is 2.41. The predicted octanol–water partition coefficient (Wildman–Crippen LogP) is 1.50. The molecule has 22 heavy (non-hydrogen) atoms. The summed E-state index contributed by atoms with van der Waals surface area (Å²) in [6.45, 7) is 4.57. The quantitative estimate of drug-likeness (QED) is 0.145. The zero-order chi connectivity index (χ0) is 17.0. The van der Waals surface area contributed by atoms with Gasteiger partial charge in [0, 0.05) is 10.4 Å². The van der Waals surface area contributed by atoms with Gasteiger partial charge in [-0.25, -0.2) is 0 Å². The van der Waals surface area contributed by atoms with E-state index in [2.05, 4.69) is 13.8 Å². The Hall–Kier alpha value is 0.790. The largest absolute Gasteiger partial charge is 1.00 e. The van der Waals surface area contributed by atoms with E-state index in [1.165, 1.54) is 77.0 Å². The summed E-state index contributed by atoms with van der Waals surface area (Å²) in [6, 6.07) is 0. The van der Waals surface area contributed by atoms with E-state index in [0.29, 0.717) is 0 Å². The Morgan fingerprint density at radius 3 is 0.955 bits per heavy atom. The van der Waals surface area contributed by atoms with Gasteiger partial charge in [0.2, 0.25) is 0 Å². The van der Waals surface area contributed by atoms with E-state index in [4.69, 9.17) is 28.0 Å². The molecule has 0 spiro atoms.